The molecule has 1 aromatic heterocycles. The molecule has 0 saturated heterocycles. The Morgan fingerprint density at radius 3 is 2.60 bits per heavy atom. The summed E-state index contributed by atoms with van der Waals surface area (Å²) in [6.07, 6.45) is 0.921. The number of carbonyl (C=O) groups is 2. The number of para-hydroxylation sites is 1. The maximum absolute atomic E-state index is 12.7. The number of amides is 1. The molecule has 2 aromatic rings. The Balaban J connectivity index is 2.32. The predicted octanol–water partition coefficient (Wildman–Crippen LogP) is 2.48. The van der Waals surface area contributed by atoms with Crippen LogP contribution in [0.25, 0.3) is 0 Å². The number of rotatable bonds is 3. The Labute approximate surface area is 114 Å². The number of benzene rings is 1. The molecule has 2 rings (SSSR count). The number of hydrogen-bond acceptors (Lipinski definition) is 3. The van der Waals surface area contributed by atoms with Crippen molar-refractivity contribution in [1.29, 1.82) is 0 Å². The number of halogens is 1. The summed E-state index contributed by atoms with van der Waals surface area (Å²) in [7, 11) is 0. The van der Waals surface area contributed by atoms with E-state index >= 15 is 0 Å². The van der Waals surface area contributed by atoms with Crippen LogP contribution in [-0.2, 0) is 0 Å². The standard InChI is InChI=1S/C14H11FN2O3/c1-8-3-2-4-10(14(19)20)12(8)17-13(18)11-6-5-9(15)7-16-11/h2-7H,1H3,(H,17,18)(H,19,20). The van der Waals surface area contributed by atoms with Crippen LogP contribution in [0.4, 0.5) is 10.1 Å². The van der Waals surface area contributed by atoms with E-state index in [0.717, 1.165) is 12.3 Å². The van der Waals surface area contributed by atoms with Crippen molar-refractivity contribution in [2.75, 3.05) is 5.32 Å². The van der Waals surface area contributed by atoms with Gasteiger partial charge < -0.3 is 10.4 Å². The van der Waals surface area contributed by atoms with Crippen molar-refractivity contribution in [2.24, 2.45) is 0 Å². The van der Waals surface area contributed by atoms with E-state index in [9.17, 15) is 14.0 Å². The average Bonchev–Trinajstić information content (AvgIpc) is 2.41. The second kappa shape index (κ2) is 5.48. The second-order valence-electron chi connectivity index (χ2n) is 4.12. The number of carbonyl (C=O) groups excluding carboxylic acids is 1. The lowest BCUT2D eigenvalue weighted by atomic mass is 10.1. The Morgan fingerprint density at radius 2 is 2.00 bits per heavy atom. The van der Waals surface area contributed by atoms with Crippen molar-refractivity contribution in [3.63, 3.8) is 0 Å². The molecule has 0 bridgehead atoms. The van der Waals surface area contributed by atoms with E-state index in [1.54, 1.807) is 19.1 Å². The first-order valence-corrected chi connectivity index (χ1v) is 5.75. The number of aromatic nitrogens is 1. The third-order valence-corrected chi connectivity index (χ3v) is 2.70. The molecule has 1 aromatic carbocycles. The van der Waals surface area contributed by atoms with Gasteiger partial charge in [-0.3, -0.25) is 4.79 Å². The summed E-state index contributed by atoms with van der Waals surface area (Å²) in [6.45, 7) is 1.68. The molecule has 0 saturated carbocycles. The molecular formula is C14H11FN2O3. The van der Waals surface area contributed by atoms with Crippen LogP contribution in [0, 0.1) is 12.7 Å². The number of anilines is 1. The lowest BCUT2D eigenvalue weighted by Crippen LogP contribution is -2.17. The maximum atomic E-state index is 12.7. The van der Waals surface area contributed by atoms with Gasteiger partial charge in [-0.05, 0) is 30.7 Å². The van der Waals surface area contributed by atoms with Gasteiger partial charge in [0.2, 0.25) is 0 Å². The fraction of sp³-hybridized carbons (Fsp3) is 0.0714. The number of nitrogens with one attached hydrogen (secondary N) is 1. The van der Waals surface area contributed by atoms with E-state index in [0.29, 0.717) is 5.56 Å². The second-order valence-corrected chi connectivity index (χ2v) is 4.12. The van der Waals surface area contributed by atoms with Crippen molar-refractivity contribution in [1.82, 2.24) is 4.98 Å². The molecule has 2 N–H and O–H groups in total. The van der Waals surface area contributed by atoms with Gasteiger partial charge in [0.1, 0.15) is 11.5 Å². The molecule has 0 fully saturated rings. The van der Waals surface area contributed by atoms with Crippen LogP contribution >= 0.6 is 0 Å². The van der Waals surface area contributed by atoms with Crippen molar-refractivity contribution in [3.05, 3.63) is 59.2 Å². The van der Waals surface area contributed by atoms with Crippen LogP contribution < -0.4 is 5.32 Å². The van der Waals surface area contributed by atoms with Crippen LogP contribution in [0.2, 0.25) is 0 Å². The van der Waals surface area contributed by atoms with Gasteiger partial charge in [0.15, 0.2) is 0 Å². The van der Waals surface area contributed by atoms with Gasteiger partial charge in [0, 0.05) is 0 Å². The molecule has 0 spiro atoms. The summed E-state index contributed by atoms with van der Waals surface area (Å²) in [5, 5.41) is 11.6. The molecule has 0 unspecified atom stereocenters. The quantitative estimate of drug-likeness (QED) is 0.901. The van der Waals surface area contributed by atoms with Crippen LogP contribution in [0.15, 0.2) is 36.5 Å². The molecule has 102 valence electrons. The largest absolute Gasteiger partial charge is 0.478 e. The summed E-state index contributed by atoms with van der Waals surface area (Å²) < 4.78 is 12.7. The molecule has 0 radical (unpaired) electrons. The third-order valence-electron chi connectivity index (χ3n) is 2.70. The zero-order valence-electron chi connectivity index (χ0n) is 10.6. The van der Waals surface area contributed by atoms with Crippen molar-refractivity contribution >= 4 is 17.6 Å². The Morgan fingerprint density at radius 1 is 1.25 bits per heavy atom. The van der Waals surface area contributed by atoms with E-state index in [2.05, 4.69) is 10.3 Å². The lowest BCUT2D eigenvalue weighted by molar-refractivity contribution is 0.0698. The molecule has 6 heteroatoms. The predicted molar refractivity (Wildman–Crippen MR) is 70.3 cm³/mol. The first kappa shape index (κ1) is 13.7. The third kappa shape index (κ3) is 2.80. The molecule has 1 heterocycles. The van der Waals surface area contributed by atoms with Gasteiger partial charge in [0.05, 0.1) is 17.4 Å². The first-order chi connectivity index (χ1) is 9.49. The van der Waals surface area contributed by atoms with Gasteiger partial charge in [0.25, 0.3) is 5.91 Å². The summed E-state index contributed by atoms with van der Waals surface area (Å²) in [4.78, 5) is 26.7. The van der Waals surface area contributed by atoms with Crippen molar-refractivity contribution in [2.45, 2.75) is 6.92 Å². The highest BCUT2D eigenvalue weighted by Gasteiger charge is 2.16. The smallest absolute Gasteiger partial charge is 0.337 e. The van der Waals surface area contributed by atoms with Crippen LogP contribution in [0.3, 0.4) is 0 Å². The number of carboxylic acids is 1. The van der Waals surface area contributed by atoms with Crippen LogP contribution in [-0.4, -0.2) is 22.0 Å². The number of aromatic carboxylic acids is 1. The number of aryl methyl sites for hydroxylation is 1. The average molecular weight is 274 g/mol. The van der Waals surface area contributed by atoms with E-state index < -0.39 is 17.7 Å². The lowest BCUT2D eigenvalue weighted by Gasteiger charge is -2.11. The number of carboxylic acid groups (broad SMARTS) is 1. The van der Waals surface area contributed by atoms with Crippen molar-refractivity contribution < 1.29 is 19.1 Å². The summed E-state index contributed by atoms with van der Waals surface area (Å²) >= 11 is 0. The molecule has 0 atom stereocenters. The zero-order chi connectivity index (χ0) is 14.7. The summed E-state index contributed by atoms with van der Waals surface area (Å²) in [5.74, 6) is -2.29. The van der Waals surface area contributed by atoms with Gasteiger partial charge in [-0.2, -0.15) is 0 Å². The van der Waals surface area contributed by atoms with Crippen LogP contribution in [0.1, 0.15) is 26.4 Å². The van der Waals surface area contributed by atoms with Gasteiger partial charge in [-0.15, -0.1) is 0 Å². The van der Waals surface area contributed by atoms with E-state index in [4.69, 9.17) is 5.11 Å². The fourth-order valence-corrected chi connectivity index (χ4v) is 1.70. The van der Waals surface area contributed by atoms with E-state index in [1.807, 2.05) is 0 Å². The highest BCUT2D eigenvalue weighted by molar-refractivity contribution is 6.07. The molecule has 20 heavy (non-hydrogen) atoms. The van der Waals surface area contributed by atoms with E-state index in [1.165, 1.54) is 12.1 Å². The molecule has 1 amide bonds. The highest BCUT2D eigenvalue weighted by atomic mass is 19.1. The van der Waals surface area contributed by atoms with Crippen molar-refractivity contribution in [3.8, 4) is 0 Å². The van der Waals surface area contributed by atoms with Gasteiger partial charge in [-0.1, -0.05) is 12.1 Å². The number of pyridine rings is 1. The molecule has 0 aliphatic carbocycles. The van der Waals surface area contributed by atoms with E-state index in [-0.39, 0.29) is 16.9 Å². The number of nitrogens with zero attached hydrogens (tertiary/aromatic N) is 1. The van der Waals surface area contributed by atoms with Gasteiger partial charge in [-0.25, -0.2) is 14.2 Å². The molecular weight excluding hydrogens is 263 g/mol. The molecule has 5 nitrogen and oxygen atoms in total. The Bertz CT molecular complexity index is 669. The Hall–Kier alpha value is -2.76. The first-order valence-electron chi connectivity index (χ1n) is 5.75. The fourth-order valence-electron chi connectivity index (χ4n) is 1.70. The minimum Gasteiger partial charge on any atom is -0.478 e. The topological polar surface area (TPSA) is 79.3 Å². The molecule has 0 aliphatic rings. The summed E-state index contributed by atoms with van der Waals surface area (Å²) in [5.41, 5.74) is 0.808. The monoisotopic (exact) mass is 274 g/mol. The highest BCUT2D eigenvalue weighted by Crippen LogP contribution is 2.21. The molecule has 0 aliphatic heterocycles. The Kier molecular flexibility index (Phi) is 3.74. The van der Waals surface area contributed by atoms with Gasteiger partial charge >= 0.3 is 5.97 Å². The maximum Gasteiger partial charge on any atom is 0.337 e. The minimum atomic E-state index is -1.14. The summed E-state index contributed by atoms with van der Waals surface area (Å²) in [6, 6.07) is 7.00. The minimum absolute atomic E-state index is 0.00555. The zero-order valence-corrected chi connectivity index (χ0v) is 10.6. The van der Waals surface area contributed by atoms with Crippen LogP contribution in [0.5, 0.6) is 0 Å². The number of hydrogen-bond donors (Lipinski definition) is 2. The SMILES string of the molecule is Cc1cccc(C(=O)O)c1NC(=O)c1ccc(F)cn1. The normalized spacial score (nSPS) is 10.1.